The molecule has 0 N–H and O–H groups in total. The predicted octanol–water partition coefficient (Wildman–Crippen LogP) is 14.3. The van der Waals surface area contributed by atoms with Gasteiger partial charge in [-0.2, -0.15) is 0 Å². The summed E-state index contributed by atoms with van der Waals surface area (Å²) in [6.45, 7) is 0. The van der Waals surface area contributed by atoms with Gasteiger partial charge in [0, 0.05) is 42.8 Å². The monoisotopic (exact) mass is 696 g/mol. The summed E-state index contributed by atoms with van der Waals surface area (Å²) < 4.78 is 8.76. The third-order valence-electron chi connectivity index (χ3n) is 9.91. The Balaban J connectivity index is 1.06. The highest BCUT2D eigenvalue weighted by atomic mass is 32.1. The van der Waals surface area contributed by atoms with Crippen molar-refractivity contribution in [1.29, 1.82) is 0 Å². The summed E-state index contributed by atoms with van der Waals surface area (Å²) in [5.74, 6) is 0.645. The zero-order valence-electron chi connectivity index (χ0n) is 28.7. The largest absolute Gasteiger partial charge is 0.436 e. The van der Waals surface area contributed by atoms with Gasteiger partial charge in [0.2, 0.25) is 5.89 Å². The molecular formula is C49H32N2OS. The standard InChI is InChI=1S/C49H32N2OS/c1-4-12-33(13-5-1)35-22-26-39(27-23-35)51(41-19-10-18-38(30-41)34-14-6-2-7-15-34)40-28-24-36(25-29-40)42-20-11-21-46-48(42)43-31-45-44(32-47(43)53-46)50-49(52-45)37-16-8-3-9-17-37/h1-32H. The Morgan fingerprint density at radius 3 is 1.66 bits per heavy atom. The van der Waals surface area contributed by atoms with Crippen molar-refractivity contribution in [3.63, 3.8) is 0 Å². The smallest absolute Gasteiger partial charge is 0.227 e. The van der Waals surface area contributed by atoms with E-state index in [1.54, 1.807) is 11.3 Å². The molecule has 0 spiro atoms. The molecule has 2 heterocycles. The molecule has 3 nitrogen and oxygen atoms in total. The quantitative estimate of drug-likeness (QED) is 0.166. The van der Waals surface area contributed by atoms with Gasteiger partial charge >= 0.3 is 0 Å². The van der Waals surface area contributed by atoms with Crippen LogP contribution in [0.3, 0.4) is 0 Å². The molecule has 0 fully saturated rings. The molecule has 10 aromatic rings. The van der Waals surface area contributed by atoms with E-state index in [0.29, 0.717) is 5.89 Å². The van der Waals surface area contributed by atoms with E-state index in [9.17, 15) is 0 Å². The van der Waals surface area contributed by atoms with Crippen LogP contribution in [-0.2, 0) is 0 Å². The number of oxazole rings is 1. The molecule has 250 valence electrons. The number of benzene rings is 8. The Hall–Kier alpha value is -6.75. The number of hydrogen-bond acceptors (Lipinski definition) is 4. The van der Waals surface area contributed by atoms with Crippen molar-refractivity contribution >= 4 is 59.7 Å². The van der Waals surface area contributed by atoms with E-state index < -0.39 is 0 Å². The minimum atomic E-state index is 0.645. The average molecular weight is 697 g/mol. The summed E-state index contributed by atoms with van der Waals surface area (Å²) in [5.41, 5.74) is 13.1. The Morgan fingerprint density at radius 2 is 0.981 bits per heavy atom. The first-order valence-corrected chi connectivity index (χ1v) is 18.6. The number of fused-ring (bicyclic) bond motifs is 4. The van der Waals surface area contributed by atoms with Crippen molar-refractivity contribution < 1.29 is 4.42 Å². The van der Waals surface area contributed by atoms with Crippen LogP contribution in [0.15, 0.2) is 199 Å². The molecule has 0 radical (unpaired) electrons. The number of anilines is 3. The first-order valence-electron chi connectivity index (χ1n) is 17.8. The number of aromatic nitrogens is 1. The fraction of sp³-hybridized carbons (Fsp3) is 0. The number of thiophene rings is 1. The number of rotatable bonds is 7. The Kier molecular flexibility index (Phi) is 7.67. The van der Waals surface area contributed by atoms with Crippen molar-refractivity contribution in [1.82, 2.24) is 4.98 Å². The van der Waals surface area contributed by atoms with Crippen LogP contribution in [0.5, 0.6) is 0 Å². The molecule has 0 atom stereocenters. The fourth-order valence-corrected chi connectivity index (χ4v) is 8.46. The Bertz CT molecular complexity index is 2860. The highest BCUT2D eigenvalue weighted by Gasteiger charge is 2.18. The summed E-state index contributed by atoms with van der Waals surface area (Å²) in [7, 11) is 0. The zero-order valence-corrected chi connectivity index (χ0v) is 29.5. The molecule has 0 saturated carbocycles. The molecule has 0 amide bonds. The molecular weight excluding hydrogens is 665 g/mol. The average Bonchev–Trinajstić information content (AvgIpc) is 3.82. The van der Waals surface area contributed by atoms with E-state index >= 15 is 0 Å². The lowest BCUT2D eigenvalue weighted by atomic mass is 9.98. The van der Waals surface area contributed by atoms with Crippen LogP contribution < -0.4 is 4.90 Å². The lowest BCUT2D eigenvalue weighted by Crippen LogP contribution is -2.10. The van der Waals surface area contributed by atoms with Crippen molar-refractivity contribution in [3.8, 4) is 44.8 Å². The Labute approximate surface area is 311 Å². The molecule has 0 aliphatic carbocycles. The predicted molar refractivity (Wildman–Crippen MR) is 223 cm³/mol. The summed E-state index contributed by atoms with van der Waals surface area (Å²) in [5, 5.41) is 2.43. The van der Waals surface area contributed by atoms with Crippen molar-refractivity contribution in [2.45, 2.75) is 0 Å². The van der Waals surface area contributed by atoms with Crippen molar-refractivity contribution in [2.75, 3.05) is 4.90 Å². The minimum absolute atomic E-state index is 0.645. The number of nitrogens with zero attached hydrogens (tertiary/aromatic N) is 2. The summed E-state index contributed by atoms with van der Waals surface area (Å²) in [6.07, 6.45) is 0. The van der Waals surface area contributed by atoms with Gasteiger partial charge in [0.25, 0.3) is 0 Å². The lowest BCUT2D eigenvalue weighted by molar-refractivity contribution is 0.620. The molecule has 0 saturated heterocycles. The van der Waals surface area contributed by atoms with E-state index in [0.717, 1.165) is 33.7 Å². The second-order valence-corrected chi connectivity index (χ2v) is 14.3. The minimum Gasteiger partial charge on any atom is -0.436 e. The molecule has 0 aliphatic heterocycles. The van der Waals surface area contributed by atoms with Gasteiger partial charge in [-0.3, -0.25) is 0 Å². The van der Waals surface area contributed by atoms with Crippen LogP contribution >= 0.6 is 11.3 Å². The van der Waals surface area contributed by atoms with Gasteiger partial charge in [-0.25, -0.2) is 4.98 Å². The molecule has 8 aromatic carbocycles. The molecule has 2 aromatic heterocycles. The highest BCUT2D eigenvalue weighted by Crippen LogP contribution is 2.43. The second-order valence-electron chi connectivity index (χ2n) is 13.2. The van der Waals surface area contributed by atoms with E-state index in [1.807, 2.05) is 30.3 Å². The lowest BCUT2D eigenvalue weighted by Gasteiger charge is -2.26. The van der Waals surface area contributed by atoms with E-state index in [-0.39, 0.29) is 0 Å². The topological polar surface area (TPSA) is 29.3 Å². The SMILES string of the molecule is c1ccc(-c2ccc(N(c3ccc(-c4cccc5sc6cc7nc(-c8ccccc8)oc7cc6c45)cc3)c3cccc(-c4ccccc4)c3)cc2)cc1. The fourth-order valence-electron chi connectivity index (χ4n) is 7.32. The van der Waals surface area contributed by atoms with E-state index in [2.05, 4.69) is 169 Å². The van der Waals surface area contributed by atoms with Gasteiger partial charge in [-0.15, -0.1) is 11.3 Å². The molecule has 10 rings (SSSR count). The van der Waals surface area contributed by atoms with Crippen LogP contribution in [0.4, 0.5) is 17.1 Å². The normalized spacial score (nSPS) is 11.4. The van der Waals surface area contributed by atoms with Gasteiger partial charge in [0.1, 0.15) is 5.52 Å². The third-order valence-corrected chi connectivity index (χ3v) is 11.0. The maximum atomic E-state index is 6.31. The van der Waals surface area contributed by atoms with Crippen LogP contribution in [-0.4, -0.2) is 4.98 Å². The van der Waals surface area contributed by atoms with Crippen molar-refractivity contribution in [2.24, 2.45) is 0 Å². The van der Waals surface area contributed by atoms with E-state index in [4.69, 9.17) is 9.40 Å². The van der Waals surface area contributed by atoms with Gasteiger partial charge in [-0.1, -0.05) is 127 Å². The van der Waals surface area contributed by atoms with E-state index in [1.165, 1.54) is 53.6 Å². The van der Waals surface area contributed by atoms with Gasteiger partial charge < -0.3 is 9.32 Å². The maximum Gasteiger partial charge on any atom is 0.227 e. The maximum absolute atomic E-state index is 6.31. The van der Waals surface area contributed by atoms with Crippen LogP contribution in [0, 0.1) is 0 Å². The molecule has 0 bridgehead atoms. The molecule has 53 heavy (non-hydrogen) atoms. The van der Waals surface area contributed by atoms with Crippen molar-refractivity contribution in [3.05, 3.63) is 194 Å². The summed E-state index contributed by atoms with van der Waals surface area (Å²) >= 11 is 1.80. The first-order chi connectivity index (χ1) is 26.2. The van der Waals surface area contributed by atoms with Gasteiger partial charge in [0.05, 0.1) is 0 Å². The van der Waals surface area contributed by atoms with Crippen LogP contribution in [0.2, 0.25) is 0 Å². The highest BCUT2D eigenvalue weighted by molar-refractivity contribution is 7.26. The zero-order chi connectivity index (χ0) is 35.1. The second kappa shape index (κ2) is 13.1. The van der Waals surface area contributed by atoms with Gasteiger partial charge in [-0.05, 0) is 100 Å². The molecule has 4 heteroatoms. The van der Waals surface area contributed by atoms with Gasteiger partial charge in [0.15, 0.2) is 5.58 Å². The summed E-state index contributed by atoms with van der Waals surface area (Å²) in [6, 6.07) is 68.8. The Morgan fingerprint density at radius 1 is 0.415 bits per heavy atom. The van der Waals surface area contributed by atoms with Crippen LogP contribution in [0.1, 0.15) is 0 Å². The first kappa shape index (κ1) is 31.0. The summed E-state index contributed by atoms with van der Waals surface area (Å²) in [4.78, 5) is 7.18. The number of hydrogen-bond donors (Lipinski definition) is 0. The van der Waals surface area contributed by atoms with Crippen LogP contribution in [0.25, 0.3) is 76.1 Å². The molecule has 0 aliphatic rings. The molecule has 0 unspecified atom stereocenters. The third kappa shape index (κ3) is 5.76.